The van der Waals surface area contributed by atoms with Gasteiger partial charge in [-0.3, -0.25) is 4.79 Å². The third kappa shape index (κ3) is 4.25. The average molecular weight is 252 g/mol. The first kappa shape index (κ1) is 14.3. The molecular formula is C13H20N2O3. The van der Waals surface area contributed by atoms with Crippen molar-refractivity contribution in [1.29, 1.82) is 0 Å². The van der Waals surface area contributed by atoms with Gasteiger partial charge < -0.3 is 20.9 Å². The van der Waals surface area contributed by atoms with Crippen molar-refractivity contribution < 1.29 is 14.6 Å². The van der Waals surface area contributed by atoms with Crippen molar-refractivity contribution in [1.82, 2.24) is 5.32 Å². The van der Waals surface area contributed by atoms with Crippen molar-refractivity contribution >= 4 is 11.6 Å². The van der Waals surface area contributed by atoms with Gasteiger partial charge in [-0.1, -0.05) is 19.9 Å². The maximum Gasteiger partial charge on any atom is 0.255 e. The molecule has 1 aromatic rings. The van der Waals surface area contributed by atoms with Gasteiger partial charge in [0.25, 0.3) is 5.91 Å². The highest BCUT2D eigenvalue weighted by Crippen LogP contribution is 2.23. The van der Waals surface area contributed by atoms with E-state index in [1.54, 1.807) is 6.07 Å². The summed E-state index contributed by atoms with van der Waals surface area (Å²) in [5.41, 5.74) is 5.89. The summed E-state index contributed by atoms with van der Waals surface area (Å²) in [6, 6.07) is 4.69. The molecule has 1 aromatic carbocycles. The topological polar surface area (TPSA) is 84.6 Å². The number of carbonyl (C=O) groups is 1. The van der Waals surface area contributed by atoms with E-state index in [0.29, 0.717) is 25.7 Å². The van der Waals surface area contributed by atoms with E-state index in [0.717, 1.165) is 0 Å². The number of nitrogens with one attached hydrogen (secondary N) is 1. The van der Waals surface area contributed by atoms with Gasteiger partial charge in [0.2, 0.25) is 0 Å². The number of para-hydroxylation sites is 1. The number of ether oxygens (including phenoxy) is 1. The number of carbonyl (C=O) groups excluding carboxylic acids is 1. The van der Waals surface area contributed by atoms with Crippen LogP contribution in [0.3, 0.4) is 0 Å². The number of nitrogen functional groups attached to an aromatic ring is 1. The van der Waals surface area contributed by atoms with E-state index in [1.165, 1.54) is 12.1 Å². The molecule has 5 nitrogen and oxygen atoms in total. The van der Waals surface area contributed by atoms with Crippen LogP contribution >= 0.6 is 0 Å². The van der Waals surface area contributed by atoms with Crippen molar-refractivity contribution in [2.24, 2.45) is 5.92 Å². The molecule has 0 aliphatic rings. The van der Waals surface area contributed by atoms with E-state index in [-0.39, 0.29) is 22.9 Å². The number of hydrogen-bond donors (Lipinski definition) is 3. The number of rotatable bonds is 6. The average Bonchev–Trinajstić information content (AvgIpc) is 2.31. The van der Waals surface area contributed by atoms with Crippen molar-refractivity contribution in [3.8, 4) is 5.75 Å². The van der Waals surface area contributed by atoms with Crippen LogP contribution in [-0.2, 0) is 4.74 Å². The van der Waals surface area contributed by atoms with Gasteiger partial charge >= 0.3 is 0 Å². The molecule has 1 rings (SSSR count). The summed E-state index contributed by atoms with van der Waals surface area (Å²) in [7, 11) is 0. The molecule has 0 atom stereocenters. The molecule has 0 aliphatic heterocycles. The minimum Gasteiger partial charge on any atom is -0.505 e. The molecular weight excluding hydrogens is 232 g/mol. The highest BCUT2D eigenvalue weighted by atomic mass is 16.5. The van der Waals surface area contributed by atoms with Crippen LogP contribution in [-0.4, -0.2) is 30.8 Å². The summed E-state index contributed by atoms with van der Waals surface area (Å²) in [5.74, 6) is -0.0651. The lowest BCUT2D eigenvalue weighted by Gasteiger charge is -2.09. The molecule has 0 radical (unpaired) electrons. The van der Waals surface area contributed by atoms with Gasteiger partial charge in [0, 0.05) is 13.2 Å². The first-order valence-corrected chi connectivity index (χ1v) is 5.95. The SMILES string of the molecule is CC(C)COCCNC(=O)c1cccc(N)c1O. The molecule has 0 saturated heterocycles. The Morgan fingerprint density at radius 1 is 1.50 bits per heavy atom. The Bertz CT molecular complexity index is 405. The summed E-state index contributed by atoms with van der Waals surface area (Å²) < 4.78 is 5.33. The van der Waals surface area contributed by atoms with Crippen LogP contribution in [0.25, 0.3) is 0 Å². The minimum atomic E-state index is -0.354. The van der Waals surface area contributed by atoms with Gasteiger partial charge in [-0.2, -0.15) is 0 Å². The highest BCUT2D eigenvalue weighted by Gasteiger charge is 2.11. The van der Waals surface area contributed by atoms with Crippen molar-refractivity contribution in [2.45, 2.75) is 13.8 Å². The fraction of sp³-hybridized carbons (Fsp3) is 0.462. The molecule has 0 spiro atoms. The lowest BCUT2D eigenvalue weighted by molar-refractivity contribution is 0.0884. The van der Waals surface area contributed by atoms with E-state index >= 15 is 0 Å². The highest BCUT2D eigenvalue weighted by molar-refractivity contribution is 5.98. The normalized spacial score (nSPS) is 10.6. The molecule has 1 amide bonds. The van der Waals surface area contributed by atoms with Crippen LogP contribution in [0.4, 0.5) is 5.69 Å². The second-order valence-corrected chi connectivity index (χ2v) is 4.47. The van der Waals surface area contributed by atoms with Crippen molar-refractivity contribution in [3.05, 3.63) is 23.8 Å². The zero-order valence-corrected chi connectivity index (χ0v) is 10.8. The summed E-state index contributed by atoms with van der Waals surface area (Å²) in [6.07, 6.45) is 0. The first-order valence-electron chi connectivity index (χ1n) is 5.95. The predicted octanol–water partition coefficient (Wildman–Crippen LogP) is 1.38. The number of aromatic hydroxyl groups is 1. The minimum absolute atomic E-state index is 0.179. The number of phenols is 1. The van der Waals surface area contributed by atoms with Crippen molar-refractivity contribution in [3.63, 3.8) is 0 Å². The predicted molar refractivity (Wildman–Crippen MR) is 70.5 cm³/mol. The van der Waals surface area contributed by atoms with E-state index in [4.69, 9.17) is 10.5 Å². The first-order chi connectivity index (χ1) is 8.52. The zero-order valence-electron chi connectivity index (χ0n) is 10.8. The third-order valence-corrected chi connectivity index (χ3v) is 2.29. The number of anilines is 1. The van der Waals surface area contributed by atoms with Gasteiger partial charge in [-0.05, 0) is 18.1 Å². The molecule has 4 N–H and O–H groups in total. The molecule has 0 unspecified atom stereocenters. The lowest BCUT2D eigenvalue weighted by Crippen LogP contribution is -2.27. The maximum atomic E-state index is 11.7. The molecule has 0 aliphatic carbocycles. The smallest absolute Gasteiger partial charge is 0.255 e. The van der Waals surface area contributed by atoms with Gasteiger partial charge in [0.05, 0.1) is 17.9 Å². The van der Waals surface area contributed by atoms with E-state index in [9.17, 15) is 9.90 Å². The second-order valence-electron chi connectivity index (χ2n) is 4.47. The molecule has 0 heterocycles. The Morgan fingerprint density at radius 2 is 2.22 bits per heavy atom. The fourth-order valence-corrected chi connectivity index (χ4v) is 1.40. The molecule has 0 bridgehead atoms. The van der Waals surface area contributed by atoms with Crippen LogP contribution in [0.2, 0.25) is 0 Å². The largest absolute Gasteiger partial charge is 0.505 e. The molecule has 0 saturated carbocycles. The summed E-state index contributed by atoms with van der Waals surface area (Å²) in [4.78, 5) is 11.7. The molecule has 0 aromatic heterocycles. The van der Waals surface area contributed by atoms with E-state index in [1.807, 2.05) is 0 Å². The number of benzene rings is 1. The van der Waals surface area contributed by atoms with Crippen molar-refractivity contribution in [2.75, 3.05) is 25.5 Å². The van der Waals surface area contributed by atoms with Crippen LogP contribution in [0.15, 0.2) is 18.2 Å². The lowest BCUT2D eigenvalue weighted by atomic mass is 10.1. The Labute approximate surface area is 107 Å². The fourth-order valence-electron chi connectivity index (χ4n) is 1.40. The van der Waals surface area contributed by atoms with Crippen LogP contribution < -0.4 is 11.1 Å². The summed E-state index contributed by atoms with van der Waals surface area (Å²) >= 11 is 0. The molecule has 5 heteroatoms. The van der Waals surface area contributed by atoms with Gasteiger partial charge in [-0.25, -0.2) is 0 Å². The monoisotopic (exact) mass is 252 g/mol. The second kappa shape index (κ2) is 6.86. The summed E-state index contributed by atoms with van der Waals surface area (Å²) in [5, 5.41) is 12.3. The van der Waals surface area contributed by atoms with Gasteiger partial charge in [0.15, 0.2) is 5.75 Å². The van der Waals surface area contributed by atoms with Crippen LogP contribution in [0.1, 0.15) is 24.2 Å². The van der Waals surface area contributed by atoms with E-state index in [2.05, 4.69) is 19.2 Å². The number of hydrogen-bond acceptors (Lipinski definition) is 4. The Balaban J connectivity index is 2.39. The van der Waals surface area contributed by atoms with E-state index < -0.39 is 0 Å². The standard InChI is InChI=1S/C13H20N2O3/c1-9(2)8-18-7-6-15-13(17)10-4-3-5-11(14)12(10)16/h3-5,9,16H,6-8,14H2,1-2H3,(H,15,17). The molecule has 100 valence electrons. The van der Waals surface area contributed by atoms with Crippen LogP contribution in [0, 0.1) is 5.92 Å². The quantitative estimate of drug-likeness (QED) is 0.405. The van der Waals surface area contributed by atoms with Gasteiger partial charge in [0.1, 0.15) is 0 Å². The van der Waals surface area contributed by atoms with Crippen LogP contribution in [0.5, 0.6) is 5.75 Å². The van der Waals surface area contributed by atoms with Gasteiger partial charge in [-0.15, -0.1) is 0 Å². The number of phenolic OH excluding ortho intramolecular Hbond substituents is 1. The number of amides is 1. The third-order valence-electron chi connectivity index (χ3n) is 2.29. The summed E-state index contributed by atoms with van der Waals surface area (Å²) in [6.45, 7) is 5.64. The maximum absolute atomic E-state index is 11.7. The Kier molecular flexibility index (Phi) is 5.45. The molecule has 0 fully saturated rings. The Morgan fingerprint density at radius 3 is 2.89 bits per heavy atom. The molecule has 18 heavy (non-hydrogen) atoms. The Hall–Kier alpha value is -1.75. The zero-order chi connectivity index (χ0) is 13.5. The number of nitrogens with two attached hydrogens (primary N) is 1.